The summed E-state index contributed by atoms with van der Waals surface area (Å²) in [6.45, 7) is 0. The number of alkyl halides is 3. The molecule has 1 aromatic heterocycles. The molecule has 0 atom stereocenters. The molecule has 0 spiro atoms. The minimum Gasteiger partial charge on any atom is -0.508 e. The van der Waals surface area contributed by atoms with Crippen LogP contribution in [0.4, 0.5) is 13.2 Å². The molecule has 7 heteroatoms. The van der Waals surface area contributed by atoms with Gasteiger partial charge < -0.3 is 5.11 Å². The van der Waals surface area contributed by atoms with E-state index in [9.17, 15) is 18.3 Å². The number of halogens is 3. The van der Waals surface area contributed by atoms with E-state index in [1.54, 1.807) is 18.2 Å². The van der Waals surface area contributed by atoms with E-state index in [2.05, 4.69) is 10.2 Å². The van der Waals surface area contributed by atoms with Crippen molar-refractivity contribution in [2.75, 3.05) is 0 Å². The van der Waals surface area contributed by atoms with Gasteiger partial charge in [-0.3, -0.25) is 0 Å². The van der Waals surface area contributed by atoms with E-state index >= 15 is 0 Å². The predicted octanol–water partition coefficient (Wildman–Crippen LogP) is 3.66. The van der Waals surface area contributed by atoms with Crippen LogP contribution < -0.4 is 0 Å². The number of benzene rings is 2. The molecule has 0 radical (unpaired) electrons. The molecule has 0 bridgehead atoms. The van der Waals surface area contributed by atoms with Gasteiger partial charge in [0.2, 0.25) is 0 Å². The van der Waals surface area contributed by atoms with Gasteiger partial charge in [-0.15, -0.1) is 5.10 Å². The SMILES string of the molecule is Oc1ccc(-n2ncc(-c3cccc(C(F)(F)F)c3)n2)cc1. The summed E-state index contributed by atoms with van der Waals surface area (Å²) >= 11 is 0. The minimum absolute atomic E-state index is 0.106. The Hall–Kier alpha value is -2.83. The van der Waals surface area contributed by atoms with Crippen molar-refractivity contribution in [3.8, 4) is 22.7 Å². The average molecular weight is 305 g/mol. The summed E-state index contributed by atoms with van der Waals surface area (Å²) in [5.74, 6) is 0.106. The molecule has 3 aromatic rings. The second-order valence-corrected chi connectivity index (χ2v) is 4.61. The highest BCUT2D eigenvalue weighted by molar-refractivity contribution is 5.59. The van der Waals surface area contributed by atoms with Crippen LogP contribution in [-0.2, 0) is 6.18 Å². The average Bonchev–Trinajstić information content (AvgIpc) is 2.97. The number of nitrogens with zero attached hydrogens (tertiary/aromatic N) is 3. The number of phenols is 1. The lowest BCUT2D eigenvalue weighted by Gasteiger charge is -2.07. The second-order valence-electron chi connectivity index (χ2n) is 4.61. The minimum atomic E-state index is -4.40. The third-order valence-corrected chi connectivity index (χ3v) is 3.06. The molecule has 2 aromatic carbocycles. The van der Waals surface area contributed by atoms with E-state index in [1.807, 2.05) is 0 Å². The van der Waals surface area contributed by atoms with Gasteiger partial charge in [0, 0.05) is 5.56 Å². The molecular formula is C15H10F3N3O. The van der Waals surface area contributed by atoms with Crippen LogP contribution in [0.5, 0.6) is 5.75 Å². The standard InChI is InChI=1S/C15H10F3N3O/c16-15(17,18)11-3-1-2-10(8-11)14-9-19-21(20-14)12-4-6-13(22)7-5-12/h1-9,22H. The highest BCUT2D eigenvalue weighted by atomic mass is 19.4. The largest absolute Gasteiger partial charge is 0.508 e. The van der Waals surface area contributed by atoms with Crippen molar-refractivity contribution in [2.24, 2.45) is 0 Å². The van der Waals surface area contributed by atoms with E-state index in [0.717, 1.165) is 12.1 Å². The van der Waals surface area contributed by atoms with Crippen molar-refractivity contribution in [3.63, 3.8) is 0 Å². The van der Waals surface area contributed by atoms with Gasteiger partial charge >= 0.3 is 6.18 Å². The van der Waals surface area contributed by atoms with Crippen molar-refractivity contribution >= 4 is 0 Å². The lowest BCUT2D eigenvalue weighted by molar-refractivity contribution is -0.137. The van der Waals surface area contributed by atoms with E-state index < -0.39 is 11.7 Å². The van der Waals surface area contributed by atoms with Gasteiger partial charge in [-0.05, 0) is 36.4 Å². The maximum atomic E-state index is 12.7. The first-order valence-corrected chi connectivity index (χ1v) is 6.33. The number of aromatic nitrogens is 3. The lowest BCUT2D eigenvalue weighted by atomic mass is 10.1. The summed E-state index contributed by atoms with van der Waals surface area (Å²) in [4.78, 5) is 1.29. The molecule has 0 aliphatic heterocycles. The van der Waals surface area contributed by atoms with E-state index in [0.29, 0.717) is 16.9 Å². The molecule has 0 aliphatic carbocycles. The molecule has 1 N–H and O–H groups in total. The van der Waals surface area contributed by atoms with Crippen molar-refractivity contribution < 1.29 is 18.3 Å². The molecule has 0 saturated carbocycles. The monoisotopic (exact) mass is 305 g/mol. The van der Waals surface area contributed by atoms with Gasteiger partial charge in [0.1, 0.15) is 11.4 Å². The molecule has 0 saturated heterocycles. The van der Waals surface area contributed by atoms with Crippen LogP contribution in [0.2, 0.25) is 0 Å². The van der Waals surface area contributed by atoms with Crippen LogP contribution in [0.25, 0.3) is 16.9 Å². The maximum absolute atomic E-state index is 12.7. The Morgan fingerprint density at radius 2 is 1.73 bits per heavy atom. The fourth-order valence-electron chi connectivity index (χ4n) is 1.96. The number of hydrogen-bond donors (Lipinski definition) is 1. The highest BCUT2D eigenvalue weighted by Gasteiger charge is 2.30. The molecule has 4 nitrogen and oxygen atoms in total. The summed E-state index contributed by atoms with van der Waals surface area (Å²) in [5, 5.41) is 17.4. The zero-order valence-corrected chi connectivity index (χ0v) is 11.1. The number of hydrogen-bond acceptors (Lipinski definition) is 3. The van der Waals surface area contributed by atoms with Crippen molar-refractivity contribution in [1.82, 2.24) is 15.0 Å². The highest BCUT2D eigenvalue weighted by Crippen LogP contribution is 2.31. The van der Waals surface area contributed by atoms with Gasteiger partial charge in [0.25, 0.3) is 0 Å². The lowest BCUT2D eigenvalue weighted by Crippen LogP contribution is -2.04. The van der Waals surface area contributed by atoms with E-state index in [4.69, 9.17) is 0 Å². The summed E-state index contributed by atoms with van der Waals surface area (Å²) in [5.41, 5.74) is 0.527. The summed E-state index contributed by atoms with van der Waals surface area (Å²) in [6.07, 6.45) is -3.01. The van der Waals surface area contributed by atoms with Crippen LogP contribution in [0.3, 0.4) is 0 Å². The van der Waals surface area contributed by atoms with Gasteiger partial charge in [0.05, 0.1) is 17.4 Å². The molecule has 3 rings (SSSR count). The Kier molecular flexibility index (Phi) is 3.32. The first kappa shape index (κ1) is 14.1. The zero-order valence-electron chi connectivity index (χ0n) is 11.1. The third kappa shape index (κ3) is 2.78. The summed E-state index contributed by atoms with van der Waals surface area (Å²) in [7, 11) is 0. The molecule has 0 unspecified atom stereocenters. The topological polar surface area (TPSA) is 50.9 Å². The van der Waals surface area contributed by atoms with Crippen molar-refractivity contribution in [3.05, 3.63) is 60.3 Å². The maximum Gasteiger partial charge on any atom is 0.416 e. The molecule has 0 fully saturated rings. The number of phenolic OH excluding ortho intramolecular Hbond substituents is 1. The Labute approximate surface area is 123 Å². The third-order valence-electron chi connectivity index (χ3n) is 3.06. The molecule has 0 amide bonds. The molecule has 1 heterocycles. The predicted molar refractivity (Wildman–Crippen MR) is 73.5 cm³/mol. The molecule has 22 heavy (non-hydrogen) atoms. The first-order chi connectivity index (χ1) is 10.4. The van der Waals surface area contributed by atoms with E-state index in [1.165, 1.54) is 29.2 Å². The summed E-state index contributed by atoms with van der Waals surface area (Å²) in [6, 6.07) is 11.1. The smallest absolute Gasteiger partial charge is 0.416 e. The fraction of sp³-hybridized carbons (Fsp3) is 0.0667. The van der Waals surface area contributed by atoms with Crippen molar-refractivity contribution in [1.29, 1.82) is 0 Å². The Morgan fingerprint density at radius 3 is 2.41 bits per heavy atom. The Bertz CT molecular complexity index is 794. The normalized spacial score (nSPS) is 11.6. The first-order valence-electron chi connectivity index (χ1n) is 6.33. The molecule has 0 aliphatic rings. The van der Waals surface area contributed by atoms with Crippen molar-refractivity contribution in [2.45, 2.75) is 6.18 Å². The quantitative estimate of drug-likeness (QED) is 0.786. The zero-order chi connectivity index (χ0) is 15.7. The van der Waals surface area contributed by atoms with Gasteiger partial charge in [0.15, 0.2) is 0 Å². The second kappa shape index (κ2) is 5.18. The summed E-state index contributed by atoms with van der Waals surface area (Å²) < 4.78 is 38.2. The van der Waals surface area contributed by atoms with Crippen LogP contribution in [0.15, 0.2) is 54.7 Å². The van der Waals surface area contributed by atoms with E-state index in [-0.39, 0.29) is 5.75 Å². The number of rotatable bonds is 2. The Balaban J connectivity index is 1.96. The van der Waals surface area contributed by atoms with Crippen LogP contribution in [0.1, 0.15) is 5.56 Å². The van der Waals surface area contributed by atoms with Crippen LogP contribution in [0, 0.1) is 0 Å². The van der Waals surface area contributed by atoms with Crippen LogP contribution in [-0.4, -0.2) is 20.1 Å². The fourth-order valence-corrected chi connectivity index (χ4v) is 1.96. The van der Waals surface area contributed by atoms with Gasteiger partial charge in [-0.2, -0.15) is 23.1 Å². The molecular weight excluding hydrogens is 295 g/mol. The number of aromatic hydroxyl groups is 1. The molecule has 112 valence electrons. The van der Waals surface area contributed by atoms with Gasteiger partial charge in [-0.1, -0.05) is 12.1 Å². The Morgan fingerprint density at radius 1 is 1.00 bits per heavy atom. The van der Waals surface area contributed by atoms with Crippen LogP contribution >= 0.6 is 0 Å². The van der Waals surface area contributed by atoms with Gasteiger partial charge in [-0.25, -0.2) is 0 Å².